The maximum absolute atomic E-state index is 13.5. The van der Waals surface area contributed by atoms with Gasteiger partial charge in [0.1, 0.15) is 0 Å². The highest BCUT2D eigenvalue weighted by Gasteiger charge is 2.23. The van der Waals surface area contributed by atoms with Crippen molar-refractivity contribution < 1.29 is 14.7 Å². The first-order chi connectivity index (χ1) is 17.6. The van der Waals surface area contributed by atoms with Crippen molar-refractivity contribution in [3.05, 3.63) is 132 Å². The second-order valence-corrected chi connectivity index (χ2v) is 8.62. The van der Waals surface area contributed by atoms with Crippen LogP contribution in [0.5, 0.6) is 0 Å². The van der Waals surface area contributed by atoms with Crippen LogP contribution in [0.4, 0.5) is 5.69 Å². The number of rotatable bonds is 8. The van der Waals surface area contributed by atoms with E-state index in [9.17, 15) is 14.7 Å². The molecule has 1 aromatic heterocycles. The number of benzene rings is 4. The molecule has 5 rings (SSSR count). The molecule has 0 saturated heterocycles. The van der Waals surface area contributed by atoms with Gasteiger partial charge in [-0.25, -0.2) is 4.98 Å². The van der Waals surface area contributed by atoms with Crippen molar-refractivity contribution in [1.82, 2.24) is 9.55 Å². The van der Waals surface area contributed by atoms with Crippen LogP contribution >= 0.6 is 0 Å². The van der Waals surface area contributed by atoms with Crippen molar-refractivity contribution in [2.45, 2.75) is 18.4 Å². The minimum absolute atomic E-state index is 0.0657. The molecule has 5 aromatic rings. The summed E-state index contributed by atoms with van der Waals surface area (Å²) >= 11 is 0. The lowest BCUT2D eigenvalue weighted by molar-refractivity contribution is -0.137. The van der Waals surface area contributed by atoms with Crippen LogP contribution in [0, 0.1) is 0 Å². The van der Waals surface area contributed by atoms with E-state index in [1.807, 2.05) is 114 Å². The summed E-state index contributed by atoms with van der Waals surface area (Å²) in [6, 6.07) is 34.0. The Labute approximate surface area is 208 Å². The summed E-state index contributed by atoms with van der Waals surface area (Å²) in [5, 5.41) is 12.6. The molecule has 6 nitrogen and oxygen atoms in total. The van der Waals surface area contributed by atoms with Crippen LogP contribution in [-0.4, -0.2) is 26.5 Å². The van der Waals surface area contributed by atoms with E-state index in [0.717, 1.165) is 22.2 Å². The molecular formula is C30H25N3O3. The van der Waals surface area contributed by atoms with Crippen molar-refractivity contribution in [2.75, 3.05) is 5.32 Å². The van der Waals surface area contributed by atoms with Gasteiger partial charge in [0.15, 0.2) is 0 Å². The van der Waals surface area contributed by atoms with Crippen molar-refractivity contribution in [1.29, 1.82) is 0 Å². The Kier molecular flexibility index (Phi) is 6.58. The lowest BCUT2D eigenvalue weighted by Crippen LogP contribution is -2.22. The van der Waals surface area contributed by atoms with Gasteiger partial charge in [0, 0.05) is 5.69 Å². The predicted octanol–water partition coefficient (Wildman–Crippen LogP) is 5.87. The van der Waals surface area contributed by atoms with Gasteiger partial charge in [-0.1, -0.05) is 91.0 Å². The molecule has 4 aromatic carbocycles. The molecule has 1 unspecified atom stereocenters. The molecule has 6 heteroatoms. The van der Waals surface area contributed by atoms with Crippen molar-refractivity contribution >= 4 is 28.6 Å². The van der Waals surface area contributed by atoms with E-state index in [1.54, 1.807) is 6.33 Å². The number of amides is 1. The number of carboxylic acid groups (broad SMARTS) is 1. The third-order valence-corrected chi connectivity index (χ3v) is 6.26. The summed E-state index contributed by atoms with van der Waals surface area (Å²) in [4.78, 5) is 29.6. The number of carboxylic acids is 1. The van der Waals surface area contributed by atoms with Crippen LogP contribution in [0.1, 0.15) is 35.1 Å². The summed E-state index contributed by atoms with van der Waals surface area (Å²) in [5.41, 5.74) is 4.81. The summed E-state index contributed by atoms with van der Waals surface area (Å²) in [6.45, 7) is 0. The molecule has 178 valence electrons. The highest BCUT2D eigenvalue weighted by Crippen LogP contribution is 2.30. The number of imidazole rings is 1. The number of nitrogens with one attached hydrogen (secondary N) is 1. The zero-order valence-corrected chi connectivity index (χ0v) is 19.5. The fourth-order valence-electron chi connectivity index (χ4n) is 4.58. The topological polar surface area (TPSA) is 84.2 Å². The zero-order valence-electron chi connectivity index (χ0n) is 19.5. The summed E-state index contributed by atoms with van der Waals surface area (Å²) in [7, 11) is 0. The standard InChI is InChI=1S/C30H25N3O3/c34-28(35)19-27(21-10-4-1-5-11-21)33-20-31-25-18-24(16-17-26(25)33)32-30(36)29(22-12-6-2-7-13-22)23-14-8-3-9-15-23/h1-18,20,27,29H,19H2,(H,32,36)(H,34,35). The van der Waals surface area contributed by atoms with Gasteiger partial charge in [-0.3, -0.25) is 9.59 Å². The molecule has 0 aliphatic heterocycles. The van der Waals surface area contributed by atoms with E-state index >= 15 is 0 Å². The summed E-state index contributed by atoms with van der Waals surface area (Å²) < 4.78 is 1.88. The SMILES string of the molecule is O=C(O)CC(c1ccccc1)n1cnc2cc(NC(=O)C(c3ccccc3)c3ccccc3)ccc21. The number of aromatic nitrogens is 2. The van der Waals surface area contributed by atoms with Gasteiger partial charge in [0.05, 0.1) is 35.7 Å². The van der Waals surface area contributed by atoms with Crippen molar-refractivity contribution in [3.8, 4) is 0 Å². The molecular weight excluding hydrogens is 450 g/mol. The van der Waals surface area contributed by atoms with Crippen LogP contribution in [-0.2, 0) is 9.59 Å². The average molecular weight is 476 g/mol. The van der Waals surface area contributed by atoms with Crippen LogP contribution in [0.15, 0.2) is 116 Å². The first kappa shape index (κ1) is 23.1. The fraction of sp³-hybridized carbons (Fsp3) is 0.100. The molecule has 1 heterocycles. The van der Waals surface area contributed by atoms with Crippen molar-refractivity contribution in [2.24, 2.45) is 0 Å². The highest BCUT2D eigenvalue weighted by atomic mass is 16.4. The van der Waals surface area contributed by atoms with Gasteiger partial charge in [0.2, 0.25) is 5.91 Å². The zero-order chi connectivity index (χ0) is 24.9. The van der Waals surface area contributed by atoms with Gasteiger partial charge < -0.3 is 15.0 Å². The second kappa shape index (κ2) is 10.3. The van der Waals surface area contributed by atoms with Crippen LogP contribution in [0.3, 0.4) is 0 Å². The molecule has 0 radical (unpaired) electrons. The number of carbonyl (C=O) groups is 2. The fourth-order valence-corrected chi connectivity index (χ4v) is 4.58. The van der Waals surface area contributed by atoms with Gasteiger partial charge in [-0.05, 0) is 34.9 Å². The Morgan fingerprint density at radius 2 is 1.33 bits per heavy atom. The average Bonchev–Trinajstić information content (AvgIpc) is 3.32. The Bertz CT molecular complexity index is 1440. The smallest absolute Gasteiger partial charge is 0.305 e. The summed E-state index contributed by atoms with van der Waals surface area (Å²) in [6.07, 6.45) is 1.59. The van der Waals surface area contributed by atoms with E-state index < -0.39 is 17.9 Å². The molecule has 1 amide bonds. The molecule has 0 aliphatic rings. The lowest BCUT2D eigenvalue weighted by atomic mass is 9.90. The normalized spacial score (nSPS) is 11.9. The number of fused-ring (bicyclic) bond motifs is 1. The molecule has 0 fully saturated rings. The Morgan fingerprint density at radius 3 is 1.89 bits per heavy atom. The van der Waals surface area contributed by atoms with Crippen LogP contribution < -0.4 is 5.32 Å². The highest BCUT2D eigenvalue weighted by molar-refractivity contribution is 5.99. The van der Waals surface area contributed by atoms with Gasteiger partial charge in [-0.2, -0.15) is 0 Å². The first-order valence-corrected chi connectivity index (χ1v) is 11.7. The molecule has 2 N–H and O–H groups in total. The minimum atomic E-state index is -0.887. The maximum Gasteiger partial charge on any atom is 0.305 e. The maximum atomic E-state index is 13.5. The van der Waals surface area contributed by atoms with E-state index in [4.69, 9.17) is 0 Å². The summed E-state index contributed by atoms with van der Waals surface area (Å²) in [5.74, 6) is -1.49. The predicted molar refractivity (Wildman–Crippen MR) is 140 cm³/mol. The van der Waals surface area contributed by atoms with E-state index in [2.05, 4.69) is 10.3 Å². The molecule has 0 saturated carbocycles. The third kappa shape index (κ3) is 4.88. The first-order valence-electron chi connectivity index (χ1n) is 11.7. The Balaban J connectivity index is 1.45. The number of hydrogen-bond acceptors (Lipinski definition) is 3. The van der Waals surface area contributed by atoms with Gasteiger partial charge in [0.25, 0.3) is 0 Å². The van der Waals surface area contributed by atoms with Crippen LogP contribution in [0.25, 0.3) is 11.0 Å². The van der Waals surface area contributed by atoms with Gasteiger partial charge >= 0.3 is 5.97 Å². The number of aliphatic carboxylic acids is 1. The van der Waals surface area contributed by atoms with Crippen molar-refractivity contribution in [3.63, 3.8) is 0 Å². The molecule has 0 spiro atoms. The van der Waals surface area contributed by atoms with E-state index in [1.165, 1.54) is 0 Å². The Hall–Kier alpha value is -4.71. The monoisotopic (exact) mass is 475 g/mol. The quantitative estimate of drug-likeness (QED) is 0.294. The number of nitrogens with zero attached hydrogens (tertiary/aromatic N) is 2. The van der Waals surface area contributed by atoms with E-state index in [-0.39, 0.29) is 12.3 Å². The molecule has 36 heavy (non-hydrogen) atoms. The van der Waals surface area contributed by atoms with E-state index in [0.29, 0.717) is 11.2 Å². The minimum Gasteiger partial charge on any atom is -0.481 e. The second-order valence-electron chi connectivity index (χ2n) is 8.62. The molecule has 0 aliphatic carbocycles. The molecule has 1 atom stereocenters. The number of anilines is 1. The lowest BCUT2D eigenvalue weighted by Gasteiger charge is -2.19. The molecule has 0 bridgehead atoms. The third-order valence-electron chi connectivity index (χ3n) is 6.26. The number of hydrogen-bond donors (Lipinski definition) is 2. The van der Waals surface area contributed by atoms with Gasteiger partial charge in [-0.15, -0.1) is 0 Å². The Morgan fingerprint density at radius 1 is 0.778 bits per heavy atom. The number of carbonyl (C=O) groups excluding carboxylic acids is 1. The van der Waals surface area contributed by atoms with Crippen LogP contribution in [0.2, 0.25) is 0 Å². The largest absolute Gasteiger partial charge is 0.481 e.